The maximum atomic E-state index is 14.0. The number of carbonyl (C=O) groups excluding carboxylic acids is 1. The van der Waals surface area contributed by atoms with Gasteiger partial charge in [0.15, 0.2) is 0 Å². The Balaban J connectivity index is 1.14. The number of hydrogen-bond acceptors (Lipinski definition) is 7. The highest BCUT2D eigenvalue weighted by atomic mass is 32.1. The number of aromatic nitrogens is 2. The summed E-state index contributed by atoms with van der Waals surface area (Å²) in [5, 5.41) is 25.1. The Morgan fingerprint density at radius 3 is 2.50 bits per heavy atom. The van der Waals surface area contributed by atoms with Crippen LogP contribution in [0.5, 0.6) is 0 Å². The lowest BCUT2D eigenvalue weighted by Crippen LogP contribution is -2.37. The largest absolute Gasteiger partial charge is 0.368 e. The molecule has 2 aromatic carbocycles. The maximum absolute atomic E-state index is 14.0. The highest BCUT2D eigenvalue weighted by molar-refractivity contribution is 7.18. The first-order valence-corrected chi connectivity index (χ1v) is 10.6. The zero-order valence-corrected chi connectivity index (χ0v) is 17.2. The third kappa shape index (κ3) is 3.84. The molecule has 0 bridgehead atoms. The molecule has 0 spiro atoms. The number of nitro groups is 1. The molecule has 2 N–H and O–H groups in total. The molecule has 5 rings (SSSR count). The molecule has 1 saturated heterocycles. The van der Waals surface area contributed by atoms with Crippen molar-refractivity contribution in [3.8, 4) is 10.6 Å². The number of amides is 2. The van der Waals surface area contributed by atoms with Gasteiger partial charge in [0.2, 0.25) is 5.13 Å². The summed E-state index contributed by atoms with van der Waals surface area (Å²) < 4.78 is 27.1. The van der Waals surface area contributed by atoms with Crippen LogP contribution in [0.25, 0.3) is 10.6 Å². The fraction of sp³-hybridized carbons (Fsp3) is 0.250. The van der Waals surface area contributed by atoms with Gasteiger partial charge in [0.25, 0.3) is 5.69 Å². The van der Waals surface area contributed by atoms with Gasteiger partial charge in [-0.25, -0.2) is 13.6 Å². The van der Waals surface area contributed by atoms with Gasteiger partial charge in [-0.15, -0.1) is 10.2 Å². The molecule has 1 aliphatic carbocycles. The number of fused-ring (bicyclic) bond motifs is 1. The number of anilines is 2. The van der Waals surface area contributed by atoms with Crippen molar-refractivity contribution in [2.75, 3.05) is 23.3 Å². The van der Waals surface area contributed by atoms with Crippen molar-refractivity contribution in [3.05, 3.63) is 64.2 Å². The summed E-state index contributed by atoms with van der Waals surface area (Å²) in [6.07, 6.45) is 0. The number of non-ortho nitro benzene ring substituents is 1. The van der Waals surface area contributed by atoms with Gasteiger partial charge in [-0.2, -0.15) is 0 Å². The van der Waals surface area contributed by atoms with Crippen LogP contribution in [0, 0.1) is 33.6 Å². The second kappa shape index (κ2) is 7.79. The smallest absolute Gasteiger partial charge is 0.321 e. The monoisotopic (exact) mass is 458 g/mol. The van der Waals surface area contributed by atoms with Crippen molar-refractivity contribution in [2.45, 2.75) is 6.04 Å². The Kier molecular flexibility index (Phi) is 4.93. The van der Waals surface area contributed by atoms with E-state index >= 15 is 0 Å². The van der Waals surface area contributed by atoms with Gasteiger partial charge in [0.1, 0.15) is 16.6 Å². The lowest BCUT2D eigenvalue weighted by molar-refractivity contribution is -0.384. The topological polar surface area (TPSA) is 113 Å². The number of nitrogens with zero attached hydrogens (tertiary/aromatic N) is 4. The average Bonchev–Trinajstić information content (AvgIpc) is 3.13. The van der Waals surface area contributed by atoms with E-state index in [-0.39, 0.29) is 23.6 Å². The van der Waals surface area contributed by atoms with Crippen LogP contribution in [0.3, 0.4) is 0 Å². The molecule has 1 aliphatic heterocycles. The molecule has 1 unspecified atom stereocenters. The fourth-order valence-electron chi connectivity index (χ4n) is 4.08. The Morgan fingerprint density at radius 2 is 1.84 bits per heavy atom. The molecule has 12 heteroatoms. The fourth-order valence-corrected chi connectivity index (χ4v) is 4.82. The van der Waals surface area contributed by atoms with Gasteiger partial charge in [-0.3, -0.25) is 15.4 Å². The summed E-state index contributed by atoms with van der Waals surface area (Å²) in [6, 6.07) is 9.02. The van der Waals surface area contributed by atoms with E-state index in [1.54, 1.807) is 12.1 Å². The van der Waals surface area contributed by atoms with Crippen LogP contribution in [0.2, 0.25) is 0 Å². The Bertz CT molecular complexity index is 1190. The Hall–Kier alpha value is -3.67. The minimum Gasteiger partial charge on any atom is -0.368 e. The summed E-state index contributed by atoms with van der Waals surface area (Å²) in [7, 11) is 0. The maximum Gasteiger partial charge on any atom is 0.321 e. The number of urea groups is 1. The summed E-state index contributed by atoms with van der Waals surface area (Å²) in [6.45, 7) is 1.17. The second-order valence-corrected chi connectivity index (χ2v) is 8.65. The molecule has 1 aromatic heterocycles. The van der Waals surface area contributed by atoms with Crippen molar-refractivity contribution in [2.24, 2.45) is 11.8 Å². The quantitative estimate of drug-likeness (QED) is 0.446. The summed E-state index contributed by atoms with van der Waals surface area (Å²) in [4.78, 5) is 24.5. The lowest BCUT2D eigenvalue weighted by atomic mass is 10.2. The molecule has 32 heavy (non-hydrogen) atoms. The zero-order valence-electron chi connectivity index (χ0n) is 16.4. The molecule has 2 fully saturated rings. The van der Waals surface area contributed by atoms with Crippen molar-refractivity contribution in [1.29, 1.82) is 0 Å². The molecule has 1 saturated carbocycles. The number of nitrogens with one attached hydrogen (secondary N) is 2. The Labute approximate surface area is 184 Å². The van der Waals surface area contributed by atoms with Gasteiger partial charge in [0.05, 0.1) is 10.6 Å². The van der Waals surface area contributed by atoms with E-state index in [0.29, 0.717) is 34.5 Å². The van der Waals surface area contributed by atoms with E-state index in [1.807, 2.05) is 4.90 Å². The van der Waals surface area contributed by atoms with E-state index in [0.717, 1.165) is 17.4 Å². The van der Waals surface area contributed by atoms with Gasteiger partial charge in [-0.05, 0) is 24.3 Å². The second-order valence-electron chi connectivity index (χ2n) is 7.67. The van der Waals surface area contributed by atoms with Crippen molar-refractivity contribution >= 4 is 33.9 Å². The highest BCUT2D eigenvalue weighted by Crippen LogP contribution is 2.47. The van der Waals surface area contributed by atoms with Crippen LogP contribution >= 0.6 is 11.3 Å². The molecular weight excluding hydrogens is 442 g/mol. The number of hydrogen-bond donors (Lipinski definition) is 2. The standard InChI is InChI=1S/C20H16F2N6O3S/c21-11-3-6-16(15(22)7-11)27-8-13-14(9-27)17(13)23-19(29)24-20-26-25-18(32-20)10-1-4-12(5-2-10)28(30)31/h1-7,13-14,17H,8-9H2,(H2,23,24,26,29)/t13-,14+,17?. The number of nitro benzene ring substituents is 1. The van der Waals surface area contributed by atoms with Crippen LogP contribution in [-0.2, 0) is 0 Å². The number of halogens is 2. The third-order valence-electron chi connectivity index (χ3n) is 5.71. The van der Waals surface area contributed by atoms with E-state index in [4.69, 9.17) is 0 Å². The molecule has 2 aliphatic rings. The number of carbonyl (C=O) groups is 1. The number of rotatable bonds is 5. The summed E-state index contributed by atoms with van der Waals surface area (Å²) in [5.41, 5.74) is 1.01. The predicted octanol–water partition coefficient (Wildman–Crippen LogP) is 3.65. The van der Waals surface area contributed by atoms with Gasteiger partial charge >= 0.3 is 6.03 Å². The minimum atomic E-state index is -0.611. The van der Waals surface area contributed by atoms with Crippen molar-refractivity contribution < 1.29 is 18.5 Å². The first kappa shape index (κ1) is 20.2. The van der Waals surface area contributed by atoms with Crippen molar-refractivity contribution in [3.63, 3.8) is 0 Å². The van der Waals surface area contributed by atoms with Crippen LogP contribution in [0.1, 0.15) is 0 Å². The molecule has 3 atom stereocenters. The molecular formula is C20H16F2N6O3S. The molecule has 3 aromatic rings. The van der Waals surface area contributed by atoms with Crippen LogP contribution in [0.4, 0.5) is 30.1 Å². The third-order valence-corrected chi connectivity index (χ3v) is 6.60. The zero-order chi connectivity index (χ0) is 22.4. The first-order valence-electron chi connectivity index (χ1n) is 9.75. The summed E-state index contributed by atoms with van der Waals surface area (Å²) in [5.74, 6) is -0.792. The van der Waals surface area contributed by atoms with Crippen molar-refractivity contribution in [1.82, 2.24) is 15.5 Å². The van der Waals surface area contributed by atoms with Crippen LogP contribution < -0.4 is 15.5 Å². The molecule has 9 nitrogen and oxygen atoms in total. The van der Waals surface area contributed by atoms with E-state index in [9.17, 15) is 23.7 Å². The van der Waals surface area contributed by atoms with E-state index < -0.39 is 22.6 Å². The lowest BCUT2D eigenvalue weighted by Gasteiger charge is -2.22. The van der Waals surface area contributed by atoms with E-state index in [1.165, 1.54) is 24.3 Å². The first-order chi connectivity index (χ1) is 15.4. The molecule has 0 radical (unpaired) electrons. The van der Waals surface area contributed by atoms with Gasteiger partial charge < -0.3 is 10.2 Å². The predicted molar refractivity (Wildman–Crippen MR) is 113 cm³/mol. The average molecular weight is 458 g/mol. The van der Waals surface area contributed by atoms with Gasteiger partial charge in [0, 0.05) is 54.7 Å². The number of piperidine rings is 1. The van der Waals surface area contributed by atoms with E-state index in [2.05, 4.69) is 20.8 Å². The molecule has 2 heterocycles. The highest BCUT2D eigenvalue weighted by Gasteiger charge is 2.56. The van der Waals surface area contributed by atoms with Crippen LogP contribution in [0.15, 0.2) is 42.5 Å². The summed E-state index contributed by atoms with van der Waals surface area (Å²) >= 11 is 1.15. The molecule has 164 valence electrons. The SMILES string of the molecule is O=C(Nc1nnc(-c2ccc([N+](=O)[O-])cc2)s1)NC1[C@H]2CN(c3ccc(F)cc3F)C[C@@H]12. The molecule has 2 amide bonds. The minimum absolute atomic E-state index is 0.0168. The van der Waals surface area contributed by atoms with Crippen LogP contribution in [-0.4, -0.2) is 40.3 Å². The van der Waals surface area contributed by atoms with Gasteiger partial charge in [-0.1, -0.05) is 11.3 Å². The normalized spacial score (nSPS) is 21.2. The number of benzene rings is 2. The Morgan fingerprint density at radius 1 is 1.12 bits per heavy atom.